The summed E-state index contributed by atoms with van der Waals surface area (Å²) >= 11 is 0. The number of nitrogen functional groups attached to an aromatic ring is 1. The molecule has 0 saturated carbocycles. The van der Waals surface area contributed by atoms with Crippen LogP contribution in [0.4, 0.5) is 5.69 Å². The van der Waals surface area contributed by atoms with Crippen molar-refractivity contribution in [2.45, 2.75) is 37.6 Å². The quantitative estimate of drug-likeness (QED) is 0.648. The van der Waals surface area contributed by atoms with Crippen molar-refractivity contribution >= 4 is 15.7 Å². The van der Waals surface area contributed by atoms with Crippen molar-refractivity contribution < 1.29 is 8.42 Å². The van der Waals surface area contributed by atoms with E-state index in [2.05, 4.69) is 4.72 Å². The summed E-state index contributed by atoms with van der Waals surface area (Å²) in [5.74, 6) is 0. The van der Waals surface area contributed by atoms with Gasteiger partial charge >= 0.3 is 0 Å². The fourth-order valence-corrected chi connectivity index (χ4v) is 3.39. The summed E-state index contributed by atoms with van der Waals surface area (Å²) < 4.78 is 27.1. The molecule has 3 N–H and O–H groups in total. The lowest BCUT2D eigenvalue weighted by atomic mass is 10.1. The lowest BCUT2D eigenvalue weighted by Crippen LogP contribution is -2.33. The second-order valence-corrected chi connectivity index (χ2v) is 6.43. The zero-order chi connectivity index (χ0) is 13.3. The van der Waals surface area contributed by atoms with Gasteiger partial charge in [-0.05, 0) is 49.9 Å². The standard InChI is InChI=1S/C13H18N2O2S/c1-9-7-12(8-13(14)10(9)2)18(16,17)15-11-5-3-4-6-11/h3-4,7-8,11,15H,5-6,14H2,1-2H3. The summed E-state index contributed by atoms with van der Waals surface area (Å²) in [6, 6.07) is 3.15. The molecule has 0 unspecified atom stereocenters. The van der Waals surface area contributed by atoms with Crippen LogP contribution in [0.3, 0.4) is 0 Å². The summed E-state index contributed by atoms with van der Waals surface area (Å²) in [6.45, 7) is 3.75. The molecule has 1 aromatic carbocycles. The van der Waals surface area contributed by atoms with Gasteiger partial charge in [-0.25, -0.2) is 13.1 Å². The minimum absolute atomic E-state index is 0.0298. The molecule has 0 fully saturated rings. The Morgan fingerprint density at radius 3 is 2.39 bits per heavy atom. The average molecular weight is 266 g/mol. The Balaban J connectivity index is 2.29. The van der Waals surface area contributed by atoms with E-state index in [4.69, 9.17) is 5.73 Å². The molecule has 0 saturated heterocycles. The number of nitrogens with one attached hydrogen (secondary N) is 1. The van der Waals surface area contributed by atoms with E-state index in [9.17, 15) is 8.42 Å². The summed E-state index contributed by atoms with van der Waals surface area (Å²) in [4.78, 5) is 0.245. The summed E-state index contributed by atoms with van der Waals surface area (Å²) in [6.07, 6.45) is 5.48. The number of benzene rings is 1. The van der Waals surface area contributed by atoms with Gasteiger partial charge in [-0.2, -0.15) is 0 Å². The monoisotopic (exact) mass is 266 g/mol. The first-order valence-corrected chi connectivity index (χ1v) is 7.42. The first-order valence-electron chi connectivity index (χ1n) is 5.94. The first kappa shape index (κ1) is 13.1. The third-order valence-corrected chi connectivity index (χ3v) is 4.82. The molecular formula is C13H18N2O2S. The highest BCUT2D eigenvalue weighted by molar-refractivity contribution is 7.89. The molecule has 18 heavy (non-hydrogen) atoms. The number of hydrogen-bond donors (Lipinski definition) is 2. The first-order chi connectivity index (χ1) is 8.40. The van der Waals surface area contributed by atoms with Crippen LogP contribution in [0, 0.1) is 13.8 Å². The van der Waals surface area contributed by atoms with E-state index in [1.54, 1.807) is 6.07 Å². The number of aryl methyl sites for hydroxylation is 1. The Morgan fingerprint density at radius 2 is 1.83 bits per heavy atom. The molecule has 1 aliphatic rings. The highest BCUT2D eigenvalue weighted by Gasteiger charge is 2.21. The van der Waals surface area contributed by atoms with Crippen molar-refractivity contribution in [2.75, 3.05) is 5.73 Å². The topological polar surface area (TPSA) is 72.2 Å². The van der Waals surface area contributed by atoms with Gasteiger partial charge < -0.3 is 5.73 Å². The maximum absolute atomic E-state index is 12.2. The van der Waals surface area contributed by atoms with E-state index in [0.717, 1.165) is 24.0 Å². The van der Waals surface area contributed by atoms with Gasteiger partial charge in [0.1, 0.15) is 0 Å². The zero-order valence-electron chi connectivity index (χ0n) is 10.6. The smallest absolute Gasteiger partial charge is 0.240 e. The van der Waals surface area contributed by atoms with Gasteiger partial charge in [0.15, 0.2) is 0 Å². The van der Waals surface area contributed by atoms with Crippen LogP contribution >= 0.6 is 0 Å². The molecule has 5 heteroatoms. The molecule has 2 rings (SSSR count). The molecule has 4 nitrogen and oxygen atoms in total. The van der Waals surface area contributed by atoms with E-state index < -0.39 is 10.0 Å². The number of rotatable bonds is 3. The fourth-order valence-electron chi connectivity index (χ4n) is 2.01. The molecular weight excluding hydrogens is 248 g/mol. The van der Waals surface area contributed by atoms with Crippen LogP contribution in [0.15, 0.2) is 29.2 Å². The molecule has 1 aliphatic carbocycles. The average Bonchev–Trinajstić information content (AvgIpc) is 2.77. The van der Waals surface area contributed by atoms with E-state index >= 15 is 0 Å². The van der Waals surface area contributed by atoms with E-state index in [1.165, 1.54) is 6.07 Å². The van der Waals surface area contributed by atoms with Gasteiger partial charge in [-0.3, -0.25) is 0 Å². The Kier molecular flexibility index (Phi) is 3.45. The summed E-state index contributed by atoms with van der Waals surface area (Å²) in [7, 11) is -3.48. The Bertz CT molecular complexity index is 560. The second-order valence-electron chi connectivity index (χ2n) is 4.72. The van der Waals surface area contributed by atoms with Crippen LogP contribution in [-0.4, -0.2) is 14.5 Å². The molecule has 0 aromatic heterocycles. The van der Waals surface area contributed by atoms with E-state index in [0.29, 0.717) is 5.69 Å². The third kappa shape index (κ3) is 2.57. The molecule has 0 radical (unpaired) electrons. The van der Waals surface area contributed by atoms with Gasteiger partial charge in [-0.1, -0.05) is 12.2 Å². The summed E-state index contributed by atoms with van der Waals surface area (Å²) in [5.41, 5.74) is 8.15. The molecule has 98 valence electrons. The summed E-state index contributed by atoms with van der Waals surface area (Å²) in [5, 5.41) is 0. The van der Waals surface area contributed by atoms with E-state index in [-0.39, 0.29) is 10.9 Å². The van der Waals surface area contributed by atoms with Gasteiger partial charge in [0.05, 0.1) is 4.90 Å². The van der Waals surface area contributed by atoms with Gasteiger partial charge in [0.2, 0.25) is 10.0 Å². The van der Waals surface area contributed by atoms with Gasteiger partial charge in [0, 0.05) is 11.7 Å². The van der Waals surface area contributed by atoms with Crippen molar-refractivity contribution in [3.05, 3.63) is 35.4 Å². The fraction of sp³-hybridized carbons (Fsp3) is 0.385. The van der Waals surface area contributed by atoms with Crippen LogP contribution < -0.4 is 10.5 Å². The number of hydrogen-bond acceptors (Lipinski definition) is 3. The number of anilines is 1. The predicted molar refractivity (Wildman–Crippen MR) is 72.8 cm³/mol. The van der Waals surface area contributed by atoms with Gasteiger partial charge in [-0.15, -0.1) is 0 Å². The molecule has 0 heterocycles. The van der Waals surface area contributed by atoms with Gasteiger partial charge in [0.25, 0.3) is 0 Å². The van der Waals surface area contributed by atoms with Crippen molar-refractivity contribution in [3.8, 4) is 0 Å². The Morgan fingerprint density at radius 1 is 1.22 bits per heavy atom. The molecule has 0 atom stereocenters. The lowest BCUT2D eigenvalue weighted by molar-refractivity contribution is 0.557. The minimum atomic E-state index is -3.48. The lowest BCUT2D eigenvalue weighted by Gasteiger charge is -2.14. The molecule has 0 spiro atoms. The van der Waals surface area contributed by atoms with Crippen molar-refractivity contribution in [3.63, 3.8) is 0 Å². The largest absolute Gasteiger partial charge is 0.398 e. The Labute approximate surface area is 108 Å². The van der Waals surface area contributed by atoms with Crippen LogP contribution in [-0.2, 0) is 10.0 Å². The van der Waals surface area contributed by atoms with Crippen molar-refractivity contribution in [2.24, 2.45) is 0 Å². The highest BCUT2D eigenvalue weighted by atomic mass is 32.2. The molecule has 0 aliphatic heterocycles. The normalized spacial score (nSPS) is 16.3. The minimum Gasteiger partial charge on any atom is -0.398 e. The van der Waals surface area contributed by atoms with E-state index in [1.807, 2.05) is 26.0 Å². The molecule has 1 aromatic rings. The highest BCUT2D eigenvalue weighted by Crippen LogP contribution is 2.22. The second kappa shape index (κ2) is 4.74. The van der Waals surface area contributed by atoms with Crippen LogP contribution in [0.1, 0.15) is 24.0 Å². The maximum Gasteiger partial charge on any atom is 0.240 e. The van der Waals surface area contributed by atoms with Crippen LogP contribution in [0.2, 0.25) is 0 Å². The SMILES string of the molecule is Cc1cc(S(=O)(=O)NC2CC=CC2)cc(N)c1C. The Hall–Kier alpha value is -1.33. The van der Waals surface area contributed by atoms with Crippen molar-refractivity contribution in [1.82, 2.24) is 4.72 Å². The maximum atomic E-state index is 12.2. The zero-order valence-corrected chi connectivity index (χ0v) is 11.4. The number of nitrogens with two attached hydrogens (primary N) is 1. The van der Waals surface area contributed by atoms with Crippen LogP contribution in [0.5, 0.6) is 0 Å². The predicted octanol–water partition coefficient (Wildman–Crippen LogP) is 1.88. The number of sulfonamides is 1. The van der Waals surface area contributed by atoms with Crippen molar-refractivity contribution in [1.29, 1.82) is 0 Å². The third-order valence-electron chi connectivity index (χ3n) is 3.32. The van der Waals surface area contributed by atoms with Crippen LogP contribution in [0.25, 0.3) is 0 Å². The molecule has 0 amide bonds. The molecule has 0 bridgehead atoms.